The van der Waals surface area contributed by atoms with Crippen molar-refractivity contribution in [3.8, 4) is 5.75 Å². The van der Waals surface area contributed by atoms with Gasteiger partial charge in [-0.15, -0.1) is 0 Å². The van der Waals surface area contributed by atoms with Crippen molar-refractivity contribution in [2.45, 2.75) is 33.3 Å². The topological polar surface area (TPSA) is 26.3 Å². The van der Waals surface area contributed by atoms with Gasteiger partial charge in [0.15, 0.2) is 5.78 Å². The predicted octanol–water partition coefficient (Wildman–Crippen LogP) is 5.07. The molecular formula is C20H22O2. The average molecular weight is 294 g/mol. The summed E-state index contributed by atoms with van der Waals surface area (Å²) in [7, 11) is 0. The van der Waals surface area contributed by atoms with E-state index in [4.69, 9.17) is 4.74 Å². The van der Waals surface area contributed by atoms with E-state index in [0.717, 1.165) is 22.4 Å². The van der Waals surface area contributed by atoms with Crippen LogP contribution in [0.4, 0.5) is 0 Å². The summed E-state index contributed by atoms with van der Waals surface area (Å²) in [4.78, 5) is 12.2. The molecule has 2 aromatic carbocycles. The predicted molar refractivity (Wildman–Crippen MR) is 91.4 cm³/mol. The summed E-state index contributed by atoms with van der Waals surface area (Å²) in [6.07, 6.45) is 3.44. The van der Waals surface area contributed by atoms with Crippen molar-refractivity contribution in [3.05, 3.63) is 71.3 Å². The zero-order chi connectivity index (χ0) is 16.2. The molecule has 0 fully saturated rings. The standard InChI is InChI=1S/C20H22O2/c1-15-7-5-6-8-18(15)19(21)14-11-16-9-12-17(13-10-16)22-20(2,3)4/h5-14H,1-4H3/b14-11+. The van der Waals surface area contributed by atoms with E-state index in [1.165, 1.54) is 0 Å². The molecule has 0 unspecified atom stereocenters. The van der Waals surface area contributed by atoms with Gasteiger partial charge in [0.25, 0.3) is 0 Å². The molecule has 114 valence electrons. The largest absolute Gasteiger partial charge is 0.488 e. The maximum Gasteiger partial charge on any atom is 0.186 e. The molecule has 2 aromatic rings. The van der Waals surface area contributed by atoms with Gasteiger partial charge in [-0.1, -0.05) is 42.5 Å². The van der Waals surface area contributed by atoms with E-state index in [1.54, 1.807) is 6.08 Å². The van der Waals surface area contributed by atoms with Gasteiger partial charge < -0.3 is 4.74 Å². The highest BCUT2D eigenvalue weighted by atomic mass is 16.5. The Bertz CT molecular complexity index is 674. The monoisotopic (exact) mass is 294 g/mol. The Morgan fingerprint density at radius 3 is 2.23 bits per heavy atom. The second-order valence-corrected chi connectivity index (χ2v) is 6.30. The average Bonchev–Trinajstić information content (AvgIpc) is 2.45. The first-order valence-corrected chi connectivity index (χ1v) is 7.42. The molecule has 0 saturated carbocycles. The number of aryl methyl sites for hydroxylation is 1. The van der Waals surface area contributed by atoms with Gasteiger partial charge in [0.1, 0.15) is 11.4 Å². The molecular weight excluding hydrogens is 272 g/mol. The number of ether oxygens (including phenoxy) is 1. The van der Waals surface area contributed by atoms with Crippen LogP contribution in [-0.4, -0.2) is 11.4 Å². The molecule has 2 heteroatoms. The van der Waals surface area contributed by atoms with Gasteiger partial charge in [-0.25, -0.2) is 0 Å². The van der Waals surface area contributed by atoms with Crippen LogP contribution in [0.2, 0.25) is 0 Å². The lowest BCUT2D eigenvalue weighted by Crippen LogP contribution is -2.22. The first-order chi connectivity index (χ1) is 10.3. The molecule has 0 radical (unpaired) electrons. The number of hydrogen-bond acceptors (Lipinski definition) is 2. The van der Waals surface area contributed by atoms with E-state index in [0.29, 0.717) is 0 Å². The summed E-state index contributed by atoms with van der Waals surface area (Å²) in [5.74, 6) is 0.850. The number of allylic oxidation sites excluding steroid dienone is 1. The zero-order valence-corrected chi connectivity index (χ0v) is 13.6. The Balaban J connectivity index is 2.07. The van der Waals surface area contributed by atoms with Crippen molar-refractivity contribution in [2.24, 2.45) is 0 Å². The van der Waals surface area contributed by atoms with Gasteiger partial charge in [-0.2, -0.15) is 0 Å². The van der Waals surface area contributed by atoms with Crippen LogP contribution in [0.5, 0.6) is 5.75 Å². The van der Waals surface area contributed by atoms with Gasteiger partial charge in [-0.05, 0) is 57.0 Å². The maximum absolute atomic E-state index is 12.2. The number of hydrogen-bond donors (Lipinski definition) is 0. The number of rotatable bonds is 4. The Morgan fingerprint density at radius 2 is 1.64 bits per heavy atom. The van der Waals surface area contributed by atoms with Gasteiger partial charge in [-0.3, -0.25) is 4.79 Å². The quantitative estimate of drug-likeness (QED) is 0.581. The molecule has 0 aliphatic carbocycles. The second-order valence-electron chi connectivity index (χ2n) is 6.30. The molecule has 0 atom stereocenters. The van der Waals surface area contributed by atoms with Gasteiger partial charge in [0, 0.05) is 5.56 Å². The lowest BCUT2D eigenvalue weighted by atomic mass is 10.0. The Labute approximate surface area is 132 Å². The second kappa shape index (κ2) is 6.61. The number of carbonyl (C=O) groups is 1. The third kappa shape index (κ3) is 4.59. The first-order valence-electron chi connectivity index (χ1n) is 7.42. The minimum Gasteiger partial charge on any atom is -0.488 e. The maximum atomic E-state index is 12.2. The third-order valence-electron chi connectivity index (χ3n) is 3.14. The van der Waals surface area contributed by atoms with Crippen molar-refractivity contribution in [3.63, 3.8) is 0 Å². The summed E-state index contributed by atoms with van der Waals surface area (Å²) in [5, 5.41) is 0. The molecule has 0 aliphatic rings. The highest BCUT2D eigenvalue weighted by Crippen LogP contribution is 2.19. The highest BCUT2D eigenvalue weighted by molar-refractivity contribution is 6.07. The van der Waals surface area contributed by atoms with Crippen LogP contribution in [0.3, 0.4) is 0 Å². The van der Waals surface area contributed by atoms with Crippen LogP contribution in [0.1, 0.15) is 42.3 Å². The summed E-state index contributed by atoms with van der Waals surface area (Å²) < 4.78 is 5.78. The third-order valence-corrected chi connectivity index (χ3v) is 3.14. The van der Waals surface area contributed by atoms with Crippen molar-refractivity contribution >= 4 is 11.9 Å². The van der Waals surface area contributed by atoms with E-state index in [1.807, 2.05) is 82.3 Å². The lowest BCUT2D eigenvalue weighted by Gasteiger charge is -2.21. The van der Waals surface area contributed by atoms with Gasteiger partial charge in [0.05, 0.1) is 0 Å². The lowest BCUT2D eigenvalue weighted by molar-refractivity contribution is 0.104. The summed E-state index contributed by atoms with van der Waals surface area (Å²) in [6.45, 7) is 7.99. The van der Waals surface area contributed by atoms with E-state index < -0.39 is 0 Å². The molecule has 0 amide bonds. The van der Waals surface area contributed by atoms with E-state index in [9.17, 15) is 4.79 Å². The van der Waals surface area contributed by atoms with E-state index in [-0.39, 0.29) is 11.4 Å². The molecule has 22 heavy (non-hydrogen) atoms. The minimum absolute atomic E-state index is 0.0214. The van der Waals surface area contributed by atoms with Crippen molar-refractivity contribution < 1.29 is 9.53 Å². The molecule has 0 aromatic heterocycles. The van der Waals surface area contributed by atoms with Gasteiger partial charge >= 0.3 is 0 Å². The van der Waals surface area contributed by atoms with Crippen molar-refractivity contribution in [1.82, 2.24) is 0 Å². The SMILES string of the molecule is Cc1ccccc1C(=O)/C=C/c1ccc(OC(C)(C)C)cc1. The fraction of sp³-hybridized carbons (Fsp3) is 0.250. The smallest absolute Gasteiger partial charge is 0.186 e. The summed E-state index contributed by atoms with van der Waals surface area (Å²) in [5.41, 5.74) is 2.50. The molecule has 0 spiro atoms. The Morgan fingerprint density at radius 1 is 1.00 bits per heavy atom. The highest BCUT2D eigenvalue weighted by Gasteiger charge is 2.11. The molecule has 2 rings (SSSR count). The number of ketones is 1. The summed E-state index contributed by atoms with van der Waals surface area (Å²) >= 11 is 0. The summed E-state index contributed by atoms with van der Waals surface area (Å²) in [6, 6.07) is 15.3. The number of benzene rings is 2. The van der Waals surface area contributed by atoms with Gasteiger partial charge in [0.2, 0.25) is 0 Å². The van der Waals surface area contributed by atoms with E-state index in [2.05, 4.69) is 0 Å². The molecule has 0 saturated heterocycles. The molecule has 0 N–H and O–H groups in total. The molecule has 0 bridgehead atoms. The van der Waals surface area contributed by atoms with Crippen LogP contribution in [-0.2, 0) is 0 Å². The minimum atomic E-state index is -0.210. The van der Waals surface area contributed by atoms with Crippen LogP contribution in [0, 0.1) is 6.92 Å². The molecule has 2 nitrogen and oxygen atoms in total. The molecule has 0 heterocycles. The van der Waals surface area contributed by atoms with Crippen LogP contribution in [0.15, 0.2) is 54.6 Å². The first kappa shape index (κ1) is 16.0. The fourth-order valence-electron chi connectivity index (χ4n) is 2.11. The number of carbonyl (C=O) groups excluding carboxylic acids is 1. The normalized spacial score (nSPS) is 11.6. The van der Waals surface area contributed by atoms with Crippen molar-refractivity contribution in [2.75, 3.05) is 0 Å². The molecule has 0 aliphatic heterocycles. The Kier molecular flexibility index (Phi) is 4.81. The van der Waals surface area contributed by atoms with Crippen molar-refractivity contribution in [1.29, 1.82) is 0 Å². The van der Waals surface area contributed by atoms with Crippen LogP contribution < -0.4 is 4.74 Å². The van der Waals surface area contributed by atoms with Crippen LogP contribution >= 0.6 is 0 Å². The fourth-order valence-corrected chi connectivity index (χ4v) is 2.11. The Hall–Kier alpha value is -2.35. The van der Waals surface area contributed by atoms with Crippen LogP contribution in [0.25, 0.3) is 6.08 Å². The zero-order valence-electron chi connectivity index (χ0n) is 13.6. The van der Waals surface area contributed by atoms with E-state index >= 15 is 0 Å².